The first-order valence-corrected chi connectivity index (χ1v) is 10.3. The number of rotatable bonds is 1. The molecular formula is C21H36O2. The van der Waals surface area contributed by atoms with Crippen molar-refractivity contribution < 1.29 is 10.2 Å². The Kier molecular flexibility index (Phi) is 3.89. The van der Waals surface area contributed by atoms with Gasteiger partial charge < -0.3 is 10.2 Å². The largest absolute Gasteiger partial charge is 0.393 e. The summed E-state index contributed by atoms with van der Waals surface area (Å²) in [5.74, 6) is 3.37. The molecule has 0 saturated heterocycles. The molecule has 4 rings (SSSR count). The number of aliphatic hydroxyl groups excluding tert-OH is 2. The zero-order valence-corrected chi connectivity index (χ0v) is 15.3. The Hall–Kier alpha value is -0.0800. The highest BCUT2D eigenvalue weighted by Crippen LogP contribution is 2.67. The summed E-state index contributed by atoms with van der Waals surface area (Å²) in [5.41, 5.74) is 0.850. The summed E-state index contributed by atoms with van der Waals surface area (Å²) >= 11 is 0. The molecular weight excluding hydrogens is 284 g/mol. The van der Waals surface area contributed by atoms with Gasteiger partial charge in [0.15, 0.2) is 0 Å². The predicted molar refractivity (Wildman–Crippen MR) is 92.9 cm³/mol. The van der Waals surface area contributed by atoms with Gasteiger partial charge in [0.05, 0.1) is 12.2 Å². The van der Waals surface area contributed by atoms with Crippen molar-refractivity contribution in [3.63, 3.8) is 0 Å². The highest BCUT2D eigenvalue weighted by atomic mass is 16.3. The van der Waals surface area contributed by atoms with E-state index in [9.17, 15) is 10.2 Å². The SMILES string of the molecule is CCC1CCC2C3C(O)CC4CC(O)CCC4(C)C3CCC12C. The van der Waals surface area contributed by atoms with E-state index in [0.29, 0.717) is 28.6 Å². The maximum Gasteiger partial charge on any atom is 0.0577 e. The Bertz CT molecular complexity index is 463. The van der Waals surface area contributed by atoms with E-state index in [0.717, 1.165) is 31.1 Å². The van der Waals surface area contributed by atoms with Crippen LogP contribution < -0.4 is 0 Å². The average molecular weight is 321 g/mol. The van der Waals surface area contributed by atoms with Crippen LogP contribution in [0.5, 0.6) is 0 Å². The molecule has 0 heterocycles. The number of aliphatic hydroxyl groups is 2. The van der Waals surface area contributed by atoms with Crippen molar-refractivity contribution in [2.75, 3.05) is 0 Å². The molecule has 4 saturated carbocycles. The van der Waals surface area contributed by atoms with Gasteiger partial charge in [0.25, 0.3) is 0 Å². The van der Waals surface area contributed by atoms with Gasteiger partial charge in [-0.1, -0.05) is 27.2 Å². The predicted octanol–water partition coefficient (Wildman–Crippen LogP) is 4.39. The molecule has 0 aromatic heterocycles. The van der Waals surface area contributed by atoms with Crippen molar-refractivity contribution in [3.8, 4) is 0 Å². The summed E-state index contributed by atoms with van der Waals surface area (Å²) in [4.78, 5) is 0. The number of hydrogen-bond donors (Lipinski definition) is 2. The van der Waals surface area contributed by atoms with Crippen LogP contribution in [0.25, 0.3) is 0 Å². The molecule has 0 radical (unpaired) electrons. The zero-order chi connectivity index (χ0) is 16.4. The van der Waals surface area contributed by atoms with E-state index < -0.39 is 0 Å². The molecule has 23 heavy (non-hydrogen) atoms. The highest BCUT2D eigenvalue weighted by molar-refractivity contribution is 5.11. The lowest BCUT2D eigenvalue weighted by Gasteiger charge is -2.62. The smallest absolute Gasteiger partial charge is 0.0577 e. The van der Waals surface area contributed by atoms with Gasteiger partial charge in [-0.25, -0.2) is 0 Å². The average Bonchev–Trinajstić information content (AvgIpc) is 2.85. The fraction of sp³-hybridized carbons (Fsp3) is 1.00. The third-order valence-corrected chi connectivity index (χ3v) is 9.34. The van der Waals surface area contributed by atoms with Gasteiger partial charge in [-0.2, -0.15) is 0 Å². The molecule has 0 spiro atoms. The van der Waals surface area contributed by atoms with Gasteiger partial charge >= 0.3 is 0 Å². The summed E-state index contributed by atoms with van der Waals surface area (Å²) in [6.45, 7) is 7.41. The van der Waals surface area contributed by atoms with Crippen LogP contribution in [0.15, 0.2) is 0 Å². The van der Waals surface area contributed by atoms with Gasteiger partial charge in [-0.3, -0.25) is 0 Å². The lowest BCUT2D eigenvalue weighted by molar-refractivity contribution is -0.172. The van der Waals surface area contributed by atoms with E-state index in [2.05, 4.69) is 20.8 Å². The minimum absolute atomic E-state index is 0.122. The standard InChI is InChI=1S/C21H36O2/c1-4-13-5-6-16-19-17(8-10-20(13,16)2)21(3)9-7-15(22)11-14(21)12-18(19)23/h13-19,22-23H,4-12H2,1-3H3. The Balaban J connectivity index is 1.66. The fourth-order valence-corrected chi connectivity index (χ4v) is 7.98. The Morgan fingerprint density at radius 3 is 2.30 bits per heavy atom. The molecule has 4 fully saturated rings. The topological polar surface area (TPSA) is 40.5 Å². The van der Waals surface area contributed by atoms with Crippen LogP contribution in [0.1, 0.15) is 78.6 Å². The molecule has 9 atom stereocenters. The first-order chi connectivity index (χ1) is 10.9. The Morgan fingerprint density at radius 2 is 1.57 bits per heavy atom. The molecule has 0 amide bonds. The molecule has 9 unspecified atom stereocenters. The summed E-state index contributed by atoms with van der Waals surface area (Å²) in [6.07, 6.45) is 10.5. The quantitative estimate of drug-likeness (QED) is 0.752. The van der Waals surface area contributed by atoms with E-state index in [1.165, 1.54) is 38.5 Å². The van der Waals surface area contributed by atoms with Crippen molar-refractivity contribution >= 4 is 0 Å². The lowest BCUT2D eigenvalue weighted by atomic mass is 9.44. The van der Waals surface area contributed by atoms with E-state index in [-0.39, 0.29) is 12.2 Å². The first-order valence-electron chi connectivity index (χ1n) is 10.3. The second-order valence-corrected chi connectivity index (χ2v) is 9.95. The van der Waals surface area contributed by atoms with Gasteiger partial charge in [0.1, 0.15) is 0 Å². The third-order valence-electron chi connectivity index (χ3n) is 9.34. The summed E-state index contributed by atoms with van der Waals surface area (Å²) in [7, 11) is 0. The van der Waals surface area contributed by atoms with Crippen LogP contribution in [-0.2, 0) is 0 Å². The van der Waals surface area contributed by atoms with Crippen LogP contribution in [0, 0.1) is 40.4 Å². The summed E-state index contributed by atoms with van der Waals surface area (Å²) < 4.78 is 0. The van der Waals surface area contributed by atoms with Crippen molar-refractivity contribution in [3.05, 3.63) is 0 Å². The lowest BCUT2D eigenvalue weighted by Crippen LogP contribution is -2.58. The normalized spacial score (nSPS) is 59.1. The van der Waals surface area contributed by atoms with Crippen molar-refractivity contribution in [2.24, 2.45) is 40.4 Å². The fourth-order valence-electron chi connectivity index (χ4n) is 7.98. The van der Waals surface area contributed by atoms with E-state index >= 15 is 0 Å². The van der Waals surface area contributed by atoms with E-state index in [4.69, 9.17) is 0 Å². The van der Waals surface area contributed by atoms with Crippen LogP contribution in [0.2, 0.25) is 0 Å². The third kappa shape index (κ3) is 2.20. The van der Waals surface area contributed by atoms with Gasteiger partial charge in [-0.15, -0.1) is 0 Å². The van der Waals surface area contributed by atoms with Crippen molar-refractivity contribution in [2.45, 2.75) is 90.8 Å². The highest BCUT2D eigenvalue weighted by Gasteiger charge is 2.62. The van der Waals surface area contributed by atoms with Crippen LogP contribution in [-0.4, -0.2) is 22.4 Å². The molecule has 132 valence electrons. The maximum atomic E-state index is 11.1. The zero-order valence-electron chi connectivity index (χ0n) is 15.3. The Morgan fingerprint density at radius 1 is 0.870 bits per heavy atom. The molecule has 0 bridgehead atoms. The maximum absolute atomic E-state index is 11.1. The van der Waals surface area contributed by atoms with Gasteiger partial charge in [0.2, 0.25) is 0 Å². The van der Waals surface area contributed by atoms with Gasteiger partial charge in [0, 0.05) is 0 Å². The van der Waals surface area contributed by atoms with Crippen LogP contribution >= 0.6 is 0 Å². The molecule has 4 aliphatic carbocycles. The van der Waals surface area contributed by atoms with E-state index in [1.807, 2.05) is 0 Å². The minimum atomic E-state index is -0.123. The Labute approximate surface area is 142 Å². The minimum Gasteiger partial charge on any atom is -0.393 e. The molecule has 4 aliphatic rings. The van der Waals surface area contributed by atoms with Crippen LogP contribution in [0.4, 0.5) is 0 Å². The van der Waals surface area contributed by atoms with Gasteiger partial charge in [-0.05, 0) is 91.8 Å². The number of hydrogen-bond acceptors (Lipinski definition) is 2. The molecule has 2 nitrogen and oxygen atoms in total. The monoisotopic (exact) mass is 320 g/mol. The van der Waals surface area contributed by atoms with Crippen molar-refractivity contribution in [1.82, 2.24) is 0 Å². The summed E-state index contributed by atoms with van der Waals surface area (Å²) in [5, 5.41) is 21.2. The molecule has 2 heteroatoms. The van der Waals surface area contributed by atoms with Crippen molar-refractivity contribution in [1.29, 1.82) is 0 Å². The molecule has 0 aromatic carbocycles. The first kappa shape index (κ1) is 16.4. The number of fused-ring (bicyclic) bond motifs is 5. The summed E-state index contributed by atoms with van der Waals surface area (Å²) in [6, 6.07) is 0. The van der Waals surface area contributed by atoms with E-state index in [1.54, 1.807) is 0 Å². The molecule has 0 aliphatic heterocycles. The molecule has 0 aromatic rings. The molecule has 2 N–H and O–H groups in total. The second kappa shape index (κ2) is 5.46. The van der Waals surface area contributed by atoms with Crippen LogP contribution in [0.3, 0.4) is 0 Å². The second-order valence-electron chi connectivity index (χ2n) is 9.95.